The molecular weight excluding hydrogens is 258 g/mol. The molecule has 1 aliphatic carbocycles. The number of carbonyl (C=O) groups excluding carboxylic acids is 1. The molecule has 102 valence electrons. The third kappa shape index (κ3) is 4.52. The number of carbonyl (C=O) groups is 1. The van der Waals surface area contributed by atoms with Crippen LogP contribution in [0.1, 0.15) is 18.4 Å². The lowest BCUT2D eigenvalue weighted by molar-refractivity contribution is -0.121. The number of amides is 1. The van der Waals surface area contributed by atoms with Gasteiger partial charge in [0.25, 0.3) is 0 Å². The Morgan fingerprint density at radius 2 is 2.21 bits per heavy atom. The van der Waals surface area contributed by atoms with Crippen molar-refractivity contribution in [2.75, 3.05) is 18.9 Å². The molecule has 2 rings (SSSR count). The summed E-state index contributed by atoms with van der Waals surface area (Å²) in [6.07, 6.45) is 2.20. The fourth-order valence-electron chi connectivity index (χ4n) is 1.73. The number of hydrogen-bond donors (Lipinski definition) is 2. The Balaban J connectivity index is 1.82. The van der Waals surface area contributed by atoms with Gasteiger partial charge in [-0.2, -0.15) is 0 Å². The van der Waals surface area contributed by atoms with Gasteiger partial charge >= 0.3 is 0 Å². The molecule has 0 heterocycles. The molecule has 0 saturated heterocycles. The van der Waals surface area contributed by atoms with Crippen LogP contribution in [0.25, 0.3) is 0 Å². The van der Waals surface area contributed by atoms with E-state index in [4.69, 9.17) is 12.2 Å². The fourth-order valence-corrected chi connectivity index (χ4v) is 1.91. The number of nitrogens with zero attached hydrogens (tertiary/aromatic N) is 1. The van der Waals surface area contributed by atoms with Gasteiger partial charge in [-0.05, 0) is 49.7 Å². The maximum atomic E-state index is 11.7. The third-order valence-electron chi connectivity index (χ3n) is 2.94. The summed E-state index contributed by atoms with van der Waals surface area (Å²) in [5.41, 5.74) is 2.11. The Labute approximate surface area is 119 Å². The van der Waals surface area contributed by atoms with E-state index in [0.717, 1.165) is 18.5 Å². The Hall–Kier alpha value is -1.62. The van der Waals surface area contributed by atoms with Crippen molar-refractivity contribution in [1.29, 1.82) is 0 Å². The molecule has 1 amide bonds. The number of likely N-dealkylation sites (N-methyl/N-ethyl adjacent to an activating group) is 1. The molecule has 0 bridgehead atoms. The van der Waals surface area contributed by atoms with Crippen molar-refractivity contribution in [2.45, 2.75) is 25.8 Å². The van der Waals surface area contributed by atoms with E-state index < -0.39 is 0 Å². The molecule has 0 atom stereocenters. The largest absolute Gasteiger partial charge is 0.352 e. The first kappa shape index (κ1) is 13.8. The van der Waals surface area contributed by atoms with Crippen LogP contribution < -0.4 is 10.6 Å². The Morgan fingerprint density at radius 1 is 1.47 bits per heavy atom. The van der Waals surface area contributed by atoms with Gasteiger partial charge in [0.05, 0.1) is 6.54 Å². The second kappa shape index (κ2) is 6.02. The van der Waals surface area contributed by atoms with Crippen LogP contribution in [0.2, 0.25) is 0 Å². The lowest BCUT2D eigenvalue weighted by Crippen LogP contribution is -2.40. The highest BCUT2D eigenvalue weighted by Crippen LogP contribution is 2.18. The SMILES string of the molecule is Cc1cccc(NC(=S)N(C)CC(=O)NC2CC2)c1. The summed E-state index contributed by atoms with van der Waals surface area (Å²) in [7, 11) is 1.82. The normalized spacial score (nSPS) is 13.8. The van der Waals surface area contributed by atoms with Crippen molar-refractivity contribution in [2.24, 2.45) is 0 Å². The van der Waals surface area contributed by atoms with Crippen LogP contribution in [0.4, 0.5) is 5.69 Å². The van der Waals surface area contributed by atoms with Gasteiger partial charge in [0.2, 0.25) is 5.91 Å². The van der Waals surface area contributed by atoms with Crippen LogP contribution in [0.3, 0.4) is 0 Å². The summed E-state index contributed by atoms with van der Waals surface area (Å²) < 4.78 is 0. The second-order valence-electron chi connectivity index (χ2n) is 5.00. The number of anilines is 1. The van der Waals surface area contributed by atoms with Crippen molar-refractivity contribution in [3.63, 3.8) is 0 Å². The van der Waals surface area contributed by atoms with E-state index in [1.54, 1.807) is 4.90 Å². The van der Waals surface area contributed by atoms with Gasteiger partial charge in [-0.25, -0.2) is 0 Å². The van der Waals surface area contributed by atoms with Crippen LogP contribution in [-0.4, -0.2) is 35.6 Å². The molecule has 0 unspecified atom stereocenters. The molecule has 1 aromatic rings. The molecule has 0 radical (unpaired) electrons. The zero-order valence-electron chi connectivity index (χ0n) is 11.3. The molecule has 4 nitrogen and oxygen atoms in total. The Morgan fingerprint density at radius 3 is 2.84 bits per heavy atom. The topological polar surface area (TPSA) is 44.4 Å². The second-order valence-corrected chi connectivity index (χ2v) is 5.38. The number of nitrogens with one attached hydrogen (secondary N) is 2. The van der Waals surface area contributed by atoms with E-state index in [-0.39, 0.29) is 12.5 Å². The van der Waals surface area contributed by atoms with Gasteiger partial charge in [0.15, 0.2) is 5.11 Å². The number of aryl methyl sites for hydroxylation is 1. The zero-order chi connectivity index (χ0) is 13.8. The van der Waals surface area contributed by atoms with Crippen molar-refractivity contribution >= 4 is 28.9 Å². The first-order chi connectivity index (χ1) is 9.04. The first-order valence-corrected chi connectivity index (χ1v) is 6.83. The van der Waals surface area contributed by atoms with Crippen LogP contribution in [0, 0.1) is 6.92 Å². The molecule has 1 saturated carbocycles. The van der Waals surface area contributed by atoms with E-state index in [1.165, 1.54) is 5.56 Å². The summed E-state index contributed by atoms with van der Waals surface area (Å²) in [5.74, 6) is 0.0263. The average molecular weight is 277 g/mol. The van der Waals surface area contributed by atoms with Gasteiger partial charge in [0.1, 0.15) is 0 Å². The van der Waals surface area contributed by atoms with E-state index >= 15 is 0 Å². The minimum Gasteiger partial charge on any atom is -0.352 e. The van der Waals surface area contributed by atoms with Crippen molar-refractivity contribution in [3.8, 4) is 0 Å². The standard InChI is InChI=1S/C14H19N3OS/c1-10-4-3-5-12(8-10)16-14(19)17(2)9-13(18)15-11-6-7-11/h3-5,8,11H,6-7,9H2,1-2H3,(H,15,18)(H,16,19). The Kier molecular flexibility index (Phi) is 4.37. The van der Waals surface area contributed by atoms with Gasteiger partial charge in [-0.3, -0.25) is 4.79 Å². The molecule has 5 heteroatoms. The molecule has 0 aromatic heterocycles. The number of benzene rings is 1. The minimum absolute atomic E-state index is 0.0263. The van der Waals surface area contributed by atoms with Gasteiger partial charge in [0, 0.05) is 18.8 Å². The number of hydrogen-bond acceptors (Lipinski definition) is 2. The average Bonchev–Trinajstić information content (AvgIpc) is 3.12. The minimum atomic E-state index is 0.0263. The lowest BCUT2D eigenvalue weighted by atomic mass is 10.2. The highest BCUT2D eigenvalue weighted by Gasteiger charge is 2.23. The Bertz CT molecular complexity index is 485. The smallest absolute Gasteiger partial charge is 0.239 e. The summed E-state index contributed by atoms with van der Waals surface area (Å²) in [6.45, 7) is 2.31. The predicted octanol–water partition coefficient (Wildman–Crippen LogP) is 1.90. The quantitative estimate of drug-likeness (QED) is 0.825. The molecule has 19 heavy (non-hydrogen) atoms. The maximum Gasteiger partial charge on any atom is 0.239 e. The fraction of sp³-hybridized carbons (Fsp3) is 0.429. The molecule has 0 aliphatic heterocycles. The van der Waals surface area contributed by atoms with Crippen molar-refractivity contribution < 1.29 is 4.79 Å². The van der Waals surface area contributed by atoms with Gasteiger partial charge in [-0.15, -0.1) is 0 Å². The highest BCUT2D eigenvalue weighted by atomic mass is 32.1. The van der Waals surface area contributed by atoms with E-state index in [0.29, 0.717) is 11.2 Å². The highest BCUT2D eigenvalue weighted by molar-refractivity contribution is 7.80. The summed E-state index contributed by atoms with van der Waals surface area (Å²) in [5, 5.41) is 6.63. The summed E-state index contributed by atoms with van der Waals surface area (Å²) in [4.78, 5) is 13.4. The molecule has 2 N–H and O–H groups in total. The first-order valence-electron chi connectivity index (χ1n) is 6.43. The summed E-state index contributed by atoms with van der Waals surface area (Å²) in [6, 6.07) is 8.36. The monoisotopic (exact) mass is 277 g/mol. The molecule has 1 fully saturated rings. The number of thiocarbonyl (C=S) groups is 1. The van der Waals surface area contributed by atoms with E-state index in [9.17, 15) is 4.79 Å². The van der Waals surface area contributed by atoms with Gasteiger partial charge < -0.3 is 15.5 Å². The van der Waals surface area contributed by atoms with Crippen LogP contribution in [-0.2, 0) is 4.79 Å². The van der Waals surface area contributed by atoms with Crippen LogP contribution in [0.15, 0.2) is 24.3 Å². The maximum absolute atomic E-state index is 11.7. The molecule has 0 spiro atoms. The van der Waals surface area contributed by atoms with Crippen molar-refractivity contribution in [1.82, 2.24) is 10.2 Å². The van der Waals surface area contributed by atoms with Crippen molar-refractivity contribution in [3.05, 3.63) is 29.8 Å². The van der Waals surface area contributed by atoms with Crippen LogP contribution in [0.5, 0.6) is 0 Å². The van der Waals surface area contributed by atoms with Gasteiger partial charge in [-0.1, -0.05) is 12.1 Å². The number of rotatable bonds is 4. The summed E-state index contributed by atoms with van der Waals surface area (Å²) >= 11 is 5.28. The molecule has 1 aliphatic rings. The zero-order valence-corrected chi connectivity index (χ0v) is 12.1. The molecular formula is C14H19N3OS. The molecule has 1 aromatic carbocycles. The van der Waals surface area contributed by atoms with E-state index in [2.05, 4.69) is 10.6 Å². The predicted molar refractivity (Wildman–Crippen MR) is 81.2 cm³/mol. The van der Waals surface area contributed by atoms with Crippen LogP contribution >= 0.6 is 12.2 Å². The lowest BCUT2D eigenvalue weighted by Gasteiger charge is -2.20. The third-order valence-corrected chi connectivity index (χ3v) is 3.35. The van der Waals surface area contributed by atoms with E-state index in [1.807, 2.05) is 38.2 Å².